The van der Waals surface area contributed by atoms with Crippen molar-refractivity contribution < 1.29 is 23.8 Å². The average Bonchev–Trinajstić information content (AvgIpc) is 2.78. The fraction of sp³-hybridized carbons (Fsp3) is 0.667. The van der Waals surface area contributed by atoms with E-state index >= 15 is 0 Å². The number of nitrogens with one attached hydrogen (secondary N) is 1. The minimum Gasteiger partial charge on any atom is -0.449 e. The first-order valence-electron chi connectivity index (χ1n) is 11.7. The monoisotopic (exact) mass is 428 g/mol. The van der Waals surface area contributed by atoms with Crippen molar-refractivity contribution >= 4 is 12.2 Å². The molecule has 2 unspecified atom stereocenters. The Hall–Kier alpha value is -2.28. The molecule has 168 valence electrons. The van der Waals surface area contributed by atoms with Crippen LogP contribution < -0.4 is 5.32 Å². The average molecular weight is 429 g/mol. The van der Waals surface area contributed by atoms with E-state index in [0.717, 1.165) is 44.9 Å². The quantitative estimate of drug-likeness (QED) is 0.681. The Morgan fingerprint density at radius 2 is 1.84 bits per heavy atom. The number of amides is 2. The van der Waals surface area contributed by atoms with E-state index in [1.165, 1.54) is 11.1 Å². The molecule has 3 fully saturated rings. The van der Waals surface area contributed by atoms with Gasteiger partial charge in [0.15, 0.2) is 0 Å². The normalized spacial score (nSPS) is 34.1. The number of cyclic esters (lactones) is 1. The van der Waals surface area contributed by atoms with Crippen LogP contribution in [-0.2, 0) is 20.6 Å². The Kier molecular flexibility index (Phi) is 5.78. The van der Waals surface area contributed by atoms with Gasteiger partial charge in [0.05, 0.1) is 37.5 Å². The second-order valence-electron chi connectivity index (χ2n) is 9.35. The maximum absolute atomic E-state index is 13.1. The molecule has 1 aliphatic carbocycles. The first-order valence-corrected chi connectivity index (χ1v) is 11.7. The maximum Gasteiger partial charge on any atom is 0.410 e. The van der Waals surface area contributed by atoms with Gasteiger partial charge in [-0.15, -0.1) is 0 Å². The number of rotatable bonds is 0. The number of alkyl carbamates (subject to hydrolysis) is 1. The SMILES string of the molecule is O=C1NC2(CCCN3C(=O)OCCc4ccccc4C4CCC(CC4)OCC32)CCO1. The number of carbonyl (C=O) groups is 2. The highest BCUT2D eigenvalue weighted by molar-refractivity contribution is 5.71. The molecule has 6 rings (SSSR count). The zero-order valence-corrected chi connectivity index (χ0v) is 18.0. The lowest BCUT2D eigenvalue weighted by molar-refractivity contribution is -0.0615. The Balaban J connectivity index is 1.41. The van der Waals surface area contributed by atoms with Crippen LogP contribution in [0.5, 0.6) is 0 Å². The van der Waals surface area contributed by atoms with Crippen molar-refractivity contribution in [1.82, 2.24) is 10.2 Å². The van der Waals surface area contributed by atoms with Crippen LogP contribution in [0.2, 0.25) is 0 Å². The third-order valence-corrected chi connectivity index (χ3v) is 7.66. The molecule has 4 heterocycles. The van der Waals surface area contributed by atoms with E-state index in [2.05, 4.69) is 29.6 Å². The van der Waals surface area contributed by atoms with Gasteiger partial charge in [0, 0.05) is 19.4 Å². The lowest BCUT2D eigenvalue weighted by Crippen LogP contribution is -2.69. The van der Waals surface area contributed by atoms with Crippen LogP contribution in [0.4, 0.5) is 9.59 Å². The van der Waals surface area contributed by atoms with Gasteiger partial charge < -0.3 is 24.4 Å². The third-order valence-electron chi connectivity index (χ3n) is 7.66. The Morgan fingerprint density at radius 1 is 1.00 bits per heavy atom. The summed E-state index contributed by atoms with van der Waals surface area (Å²) in [4.78, 5) is 27.0. The number of carbonyl (C=O) groups excluding carboxylic acids is 2. The summed E-state index contributed by atoms with van der Waals surface area (Å²) < 4.78 is 17.3. The molecule has 1 spiro atoms. The summed E-state index contributed by atoms with van der Waals surface area (Å²) in [6.07, 6.45) is 6.81. The van der Waals surface area contributed by atoms with Gasteiger partial charge in [-0.2, -0.15) is 0 Å². The lowest BCUT2D eigenvalue weighted by Gasteiger charge is -2.51. The predicted molar refractivity (Wildman–Crippen MR) is 114 cm³/mol. The van der Waals surface area contributed by atoms with Crippen LogP contribution in [-0.4, -0.2) is 61.1 Å². The Morgan fingerprint density at radius 3 is 2.68 bits per heavy atom. The van der Waals surface area contributed by atoms with Gasteiger partial charge in [-0.3, -0.25) is 0 Å². The molecule has 4 aliphatic heterocycles. The van der Waals surface area contributed by atoms with Crippen LogP contribution >= 0.6 is 0 Å². The highest BCUT2D eigenvalue weighted by Gasteiger charge is 2.50. The molecular weight excluding hydrogens is 396 g/mol. The third kappa shape index (κ3) is 4.12. The zero-order chi connectivity index (χ0) is 21.3. The lowest BCUT2D eigenvalue weighted by atomic mass is 9.78. The van der Waals surface area contributed by atoms with Gasteiger partial charge in [0.1, 0.15) is 0 Å². The van der Waals surface area contributed by atoms with Crippen LogP contribution in [0.1, 0.15) is 62.0 Å². The van der Waals surface area contributed by atoms with Crippen LogP contribution in [0.25, 0.3) is 0 Å². The van der Waals surface area contributed by atoms with Crippen molar-refractivity contribution in [2.45, 2.75) is 75.0 Å². The smallest absolute Gasteiger partial charge is 0.410 e. The maximum atomic E-state index is 13.1. The molecule has 1 N–H and O–H groups in total. The molecule has 2 atom stereocenters. The zero-order valence-electron chi connectivity index (χ0n) is 18.0. The molecule has 1 saturated carbocycles. The molecule has 0 radical (unpaired) electrons. The van der Waals surface area contributed by atoms with Gasteiger partial charge >= 0.3 is 12.2 Å². The molecule has 7 heteroatoms. The largest absolute Gasteiger partial charge is 0.449 e. The van der Waals surface area contributed by atoms with Crippen molar-refractivity contribution in [3.05, 3.63) is 35.4 Å². The standard InChI is InChI=1S/C24H32N2O5/c27-22-25-24(12-15-29-22)11-3-13-26-21(24)16-31-19-8-6-18(7-9-19)20-5-2-1-4-17(20)10-14-30-23(26)28/h1-2,4-5,18-19,21H,3,6-16H2,(H,25,27). The van der Waals surface area contributed by atoms with E-state index in [1.807, 2.05) is 0 Å². The van der Waals surface area contributed by atoms with Crippen molar-refractivity contribution in [3.8, 4) is 0 Å². The van der Waals surface area contributed by atoms with E-state index in [1.54, 1.807) is 4.90 Å². The molecule has 2 saturated heterocycles. The highest BCUT2D eigenvalue weighted by Crippen LogP contribution is 2.38. The molecular formula is C24H32N2O5. The van der Waals surface area contributed by atoms with Gasteiger partial charge in [-0.05, 0) is 55.6 Å². The van der Waals surface area contributed by atoms with Crippen molar-refractivity contribution in [3.63, 3.8) is 0 Å². The molecule has 2 bridgehead atoms. The van der Waals surface area contributed by atoms with Gasteiger partial charge in [0.25, 0.3) is 0 Å². The Bertz CT molecular complexity index is 818. The Labute approximate surface area is 183 Å². The number of piperidine rings is 1. The number of nitrogens with zero attached hydrogens (tertiary/aromatic N) is 1. The molecule has 2 amide bonds. The van der Waals surface area contributed by atoms with E-state index in [4.69, 9.17) is 14.2 Å². The summed E-state index contributed by atoms with van der Waals surface area (Å²) in [5.74, 6) is 0.544. The summed E-state index contributed by atoms with van der Waals surface area (Å²) >= 11 is 0. The summed E-state index contributed by atoms with van der Waals surface area (Å²) in [6.45, 7) is 1.76. The van der Waals surface area contributed by atoms with E-state index in [-0.39, 0.29) is 18.2 Å². The topological polar surface area (TPSA) is 77.1 Å². The minimum absolute atomic E-state index is 0.193. The second kappa shape index (κ2) is 8.69. The van der Waals surface area contributed by atoms with Gasteiger partial charge in [0.2, 0.25) is 0 Å². The number of fused-ring (bicyclic) bond motifs is 6. The first kappa shape index (κ1) is 20.6. The van der Waals surface area contributed by atoms with E-state index in [0.29, 0.717) is 38.7 Å². The number of benzene rings is 1. The molecule has 5 aliphatic rings. The van der Waals surface area contributed by atoms with Gasteiger partial charge in [-0.25, -0.2) is 9.59 Å². The molecule has 31 heavy (non-hydrogen) atoms. The molecule has 1 aromatic carbocycles. The van der Waals surface area contributed by atoms with Gasteiger partial charge in [-0.1, -0.05) is 24.3 Å². The fourth-order valence-corrected chi connectivity index (χ4v) is 5.98. The summed E-state index contributed by atoms with van der Waals surface area (Å²) in [5, 5.41) is 3.05. The van der Waals surface area contributed by atoms with Crippen molar-refractivity contribution in [1.29, 1.82) is 0 Å². The molecule has 7 nitrogen and oxygen atoms in total. The fourth-order valence-electron chi connectivity index (χ4n) is 5.98. The van der Waals surface area contributed by atoms with Crippen LogP contribution in [0.3, 0.4) is 0 Å². The second-order valence-corrected chi connectivity index (χ2v) is 9.35. The number of ether oxygens (including phenoxy) is 3. The number of hydrogen-bond donors (Lipinski definition) is 1. The van der Waals surface area contributed by atoms with Crippen LogP contribution in [0.15, 0.2) is 24.3 Å². The summed E-state index contributed by atoms with van der Waals surface area (Å²) in [5.41, 5.74) is 2.17. The van der Waals surface area contributed by atoms with Crippen molar-refractivity contribution in [2.75, 3.05) is 26.4 Å². The molecule has 0 aromatic heterocycles. The summed E-state index contributed by atoms with van der Waals surface area (Å²) in [6, 6.07) is 8.32. The highest BCUT2D eigenvalue weighted by atomic mass is 16.6. The van der Waals surface area contributed by atoms with Crippen molar-refractivity contribution in [2.24, 2.45) is 0 Å². The first-order chi connectivity index (χ1) is 15.1. The van der Waals surface area contributed by atoms with Crippen LogP contribution in [0, 0.1) is 0 Å². The van der Waals surface area contributed by atoms with E-state index in [9.17, 15) is 9.59 Å². The number of hydrogen-bond acceptors (Lipinski definition) is 5. The summed E-state index contributed by atoms with van der Waals surface area (Å²) in [7, 11) is 0. The predicted octanol–water partition coefficient (Wildman–Crippen LogP) is 3.76. The minimum atomic E-state index is -0.506. The van der Waals surface area contributed by atoms with E-state index < -0.39 is 11.6 Å². The molecule has 1 aromatic rings.